The van der Waals surface area contributed by atoms with E-state index in [0.717, 1.165) is 34.7 Å². The van der Waals surface area contributed by atoms with Crippen molar-refractivity contribution >= 4 is 39.1 Å². The summed E-state index contributed by atoms with van der Waals surface area (Å²) in [6.45, 7) is 2.50. The van der Waals surface area contributed by atoms with Crippen LogP contribution in [0.15, 0.2) is 82.6 Å². The zero-order chi connectivity index (χ0) is 21.8. The van der Waals surface area contributed by atoms with E-state index in [4.69, 9.17) is 0 Å². The molecule has 0 bridgehead atoms. The molecule has 1 amide bonds. The van der Waals surface area contributed by atoms with Crippen LogP contribution in [0.5, 0.6) is 0 Å². The molecule has 1 heterocycles. The molecule has 0 spiro atoms. The van der Waals surface area contributed by atoms with Gasteiger partial charge in [-0.1, -0.05) is 37.3 Å². The van der Waals surface area contributed by atoms with Crippen LogP contribution in [-0.4, -0.2) is 26.6 Å². The lowest BCUT2D eigenvalue weighted by molar-refractivity contribution is 0.102. The number of nitrogens with one attached hydrogen (secondary N) is 1. The third-order valence-corrected chi connectivity index (χ3v) is 7.98. The molecule has 3 aromatic carbocycles. The maximum absolute atomic E-state index is 13.3. The molecule has 0 saturated carbocycles. The summed E-state index contributed by atoms with van der Waals surface area (Å²) < 4.78 is 28.0. The molecule has 0 aliphatic carbocycles. The minimum atomic E-state index is -3.67. The maximum Gasteiger partial charge on any atom is 0.264 e. The van der Waals surface area contributed by atoms with Crippen LogP contribution in [0.3, 0.4) is 0 Å². The molecule has 160 valence electrons. The Kier molecular flexibility index (Phi) is 6.34. The van der Waals surface area contributed by atoms with Gasteiger partial charge in [-0.05, 0) is 66.6 Å². The highest BCUT2D eigenvalue weighted by Crippen LogP contribution is 2.32. The van der Waals surface area contributed by atoms with Crippen molar-refractivity contribution in [2.45, 2.75) is 29.6 Å². The summed E-state index contributed by atoms with van der Waals surface area (Å²) in [4.78, 5) is 13.9. The van der Waals surface area contributed by atoms with E-state index in [1.807, 2.05) is 49.4 Å². The minimum absolute atomic E-state index is 0.211. The lowest BCUT2D eigenvalue weighted by Crippen LogP contribution is -2.35. The summed E-state index contributed by atoms with van der Waals surface area (Å²) in [6, 6.07) is 21.5. The Bertz CT molecular complexity index is 1190. The number of hydrogen-bond acceptors (Lipinski definition) is 4. The molecule has 5 nitrogen and oxygen atoms in total. The molecule has 0 aromatic heterocycles. The van der Waals surface area contributed by atoms with Crippen LogP contribution in [0.1, 0.15) is 29.3 Å². The van der Waals surface area contributed by atoms with E-state index >= 15 is 0 Å². The van der Waals surface area contributed by atoms with Crippen LogP contribution < -0.4 is 9.62 Å². The van der Waals surface area contributed by atoms with Gasteiger partial charge in [0, 0.05) is 17.1 Å². The van der Waals surface area contributed by atoms with Crippen molar-refractivity contribution in [1.82, 2.24) is 0 Å². The molecule has 1 N–H and O–H groups in total. The largest absolute Gasteiger partial charge is 0.322 e. The number of hydrogen-bond donors (Lipinski definition) is 1. The second kappa shape index (κ2) is 9.16. The number of amides is 1. The first kappa shape index (κ1) is 21.5. The van der Waals surface area contributed by atoms with E-state index in [1.165, 1.54) is 4.31 Å². The molecule has 4 rings (SSSR count). The molecular formula is C24H24N2O3S2. The predicted molar refractivity (Wildman–Crippen MR) is 127 cm³/mol. The van der Waals surface area contributed by atoms with Gasteiger partial charge in [0.1, 0.15) is 0 Å². The standard InChI is InChI=1S/C24H24N2O3S2/c1-2-30-23-12-6-4-10-21(23)24(27)25-19-13-15-20(16-14-19)31(28,29)26-17-7-9-18-8-3-5-11-22(18)26/h3-6,8,10-16H,2,7,9,17H2,1H3,(H,25,27). The summed E-state index contributed by atoms with van der Waals surface area (Å²) in [7, 11) is -3.67. The number of aryl methyl sites for hydroxylation is 1. The second-order valence-corrected chi connectivity index (χ2v) is 10.4. The molecule has 7 heteroatoms. The molecule has 0 saturated heterocycles. The van der Waals surface area contributed by atoms with Crippen molar-refractivity contribution in [1.29, 1.82) is 0 Å². The van der Waals surface area contributed by atoms with Gasteiger partial charge in [-0.25, -0.2) is 8.42 Å². The quantitative estimate of drug-likeness (QED) is 0.523. The van der Waals surface area contributed by atoms with Gasteiger partial charge >= 0.3 is 0 Å². The van der Waals surface area contributed by atoms with E-state index in [9.17, 15) is 13.2 Å². The van der Waals surface area contributed by atoms with Gasteiger partial charge in [-0.3, -0.25) is 9.10 Å². The summed E-state index contributed by atoms with van der Waals surface area (Å²) in [6.07, 6.45) is 1.67. The number of rotatable bonds is 6. The predicted octanol–water partition coefficient (Wildman–Crippen LogP) is 5.19. The number of carbonyl (C=O) groups excluding carboxylic acids is 1. The lowest BCUT2D eigenvalue weighted by atomic mass is 10.0. The Morgan fingerprint density at radius 1 is 1.00 bits per heavy atom. The Labute approximate surface area is 187 Å². The maximum atomic E-state index is 13.3. The molecule has 31 heavy (non-hydrogen) atoms. The highest BCUT2D eigenvalue weighted by Gasteiger charge is 2.28. The van der Waals surface area contributed by atoms with Gasteiger partial charge in [0.15, 0.2) is 0 Å². The first-order valence-corrected chi connectivity index (χ1v) is 12.7. The number of carbonyl (C=O) groups is 1. The van der Waals surface area contributed by atoms with Crippen LogP contribution in [0.2, 0.25) is 0 Å². The van der Waals surface area contributed by atoms with Gasteiger partial charge in [-0.2, -0.15) is 0 Å². The monoisotopic (exact) mass is 452 g/mol. The number of fused-ring (bicyclic) bond motifs is 1. The van der Waals surface area contributed by atoms with Crippen LogP contribution in [0.25, 0.3) is 0 Å². The molecule has 0 fully saturated rings. The zero-order valence-corrected chi connectivity index (χ0v) is 18.9. The van der Waals surface area contributed by atoms with Crippen molar-refractivity contribution < 1.29 is 13.2 Å². The van der Waals surface area contributed by atoms with Crippen molar-refractivity contribution in [3.63, 3.8) is 0 Å². The molecule has 0 radical (unpaired) electrons. The molecule has 0 unspecified atom stereocenters. The van der Waals surface area contributed by atoms with Crippen LogP contribution in [0.4, 0.5) is 11.4 Å². The molecule has 1 aliphatic rings. The number of anilines is 2. The first-order chi connectivity index (χ1) is 15.0. The smallest absolute Gasteiger partial charge is 0.264 e. The highest BCUT2D eigenvalue weighted by molar-refractivity contribution is 7.99. The molecule has 0 atom stereocenters. The average Bonchev–Trinajstić information content (AvgIpc) is 2.79. The van der Waals surface area contributed by atoms with Crippen molar-refractivity contribution in [2.24, 2.45) is 0 Å². The van der Waals surface area contributed by atoms with Crippen molar-refractivity contribution in [2.75, 3.05) is 21.9 Å². The molecule has 3 aromatic rings. The summed E-state index contributed by atoms with van der Waals surface area (Å²) in [5.41, 5.74) is 2.95. The van der Waals surface area contributed by atoms with Gasteiger partial charge in [0.05, 0.1) is 16.1 Å². The molecular weight excluding hydrogens is 428 g/mol. The number of para-hydroxylation sites is 1. The second-order valence-electron chi connectivity index (χ2n) is 7.22. The van der Waals surface area contributed by atoms with Crippen molar-refractivity contribution in [3.05, 3.63) is 83.9 Å². The van der Waals surface area contributed by atoms with Crippen LogP contribution in [-0.2, 0) is 16.4 Å². The van der Waals surface area contributed by atoms with E-state index < -0.39 is 10.0 Å². The zero-order valence-electron chi connectivity index (χ0n) is 17.2. The van der Waals surface area contributed by atoms with E-state index in [1.54, 1.807) is 42.1 Å². The van der Waals surface area contributed by atoms with E-state index in [-0.39, 0.29) is 10.8 Å². The van der Waals surface area contributed by atoms with Crippen molar-refractivity contribution in [3.8, 4) is 0 Å². The fourth-order valence-corrected chi connectivity index (χ4v) is 6.06. The fraction of sp³-hybridized carbons (Fsp3) is 0.208. The minimum Gasteiger partial charge on any atom is -0.322 e. The topological polar surface area (TPSA) is 66.5 Å². The van der Waals surface area contributed by atoms with Gasteiger partial charge in [0.25, 0.3) is 15.9 Å². The number of nitrogens with zero attached hydrogens (tertiary/aromatic N) is 1. The molecule has 1 aliphatic heterocycles. The van der Waals surface area contributed by atoms with Crippen LogP contribution in [0, 0.1) is 0 Å². The normalized spacial score (nSPS) is 13.5. The number of sulfonamides is 1. The van der Waals surface area contributed by atoms with Crippen LogP contribution >= 0.6 is 11.8 Å². The van der Waals surface area contributed by atoms with Gasteiger partial charge in [-0.15, -0.1) is 11.8 Å². The summed E-state index contributed by atoms with van der Waals surface area (Å²) in [5.74, 6) is 0.661. The summed E-state index contributed by atoms with van der Waals surface area (Å²) >= 11 is 1.61. The lowest BCUT2D eigenvalue weighted by Gasteiger charge is -2.30. The Balaban J connectivity index is 1.54. The first-order valence-electron chi connectivity index (χ1n) is 10.2. The third kappa shape index (κ3) is 4.48. The Morgan fingerprint density at radius 2 is 1.71 bits per heavy atom. The number of benzene rings is 3. The highest BCUT2D eigenvalue weighted by atomic mass is 32.2. The third-order valence-electron chi connectivity index (χ3n) is 5.20. The van der Waals surface area contributed by atoms with E-state index in [0.29, 0.717) is 17.8 Å². The Hall–Kier alpha value is -2.77. The summed E-state index contributed by atoms with van der Waals surface area (Å²) in [5, 5.41) is 2.87. The van der Waals surface area contributed by atoms with E-state index in [2.05, 4.69) is 5.32 Å². The Morgan fingerprint density at radius 3 is 2.48 bits per heavy atom. The average molecular weight is 453 g/mol. The van der Waals surface area contributed by atoms with Gasteiger partial charge in [0.2, 0.25) is 0 Å². The SMILES string of the molecule is CCSc1ccccc1C(=O)Nc1ccc(S(=O)(=O)N2CCCc3ccccc32)cc1. The number of thioether (sulfide) groups is 1. The van der Waals surface area contributed by atoms with Gasteiger partial charge < -0.3 is 5.32 Å². The fourth-order valence-electron chi connectivity index (χ4n) is 3.72.